The number of terminal acetylenes is 1. The van der Waals surface area contributed by atoms with Crippen molar-refractivity contribution in [2.75, 3.05) is 26.2 Å². The summed E-state index contributed by atoms with van der Waals surface area (Å²) in [6, 6.07) is 0. The predicted molar refractivity (Wildman–Crippen MR) is 71.6 cm³/mol. The molecule has 2 heterocycles. The third kappa shape index (κ3) is 3.56. The number of piperidine rings is 1. The second-order valence-corrected chi connectivity index (χ2v) is 4.34. The third-order valence-electron chi connectivity index (χ3n) is 3.06. The minimum atomic E-state index is 0.340. The van der Waals surface area contributed by atoms with Crippen LogP contribution in [0.5, 0.6) is 0 Å². The molecule has 0 spiro atoms. The zero-order valence-corrected chi connectivity index (χ0v) is 10.4. The van der Waals surface area contributed by atoms with Crippen molar-refractivity contribution in [2.24, 2.45) is 11.1 Å². The van der Waals surface area contributed by atoms with Crippen LogP contribution >= 0.6 is 0 Å². The highest BCUT2D eigenvalue weighted by atomic mass is 16.6. The Morgan fingerprint density at radius 1 is 1.28 bits per heavy atom. The summed E-state index contributed by atoms with van der Waals surface area (Å²) in [4.78, 5) is 7.61. The molecule has 0 N–H and O–H groups in total. The molecule has 2 aliphatic heterocycles. The van der Waals surface area contributed by atoms with Gasteiger partial charge in [-0.15, -0.1) is 6.42 Å². The van der Waals surface area contributed by atoms with Crippen LogP contribution in [0.1, 0.15) is 19.3 Å². The molecule has 0 saturated carbocycles. The summed E-state index contributed by atoms with van der Waals surface area (Å²) < 4.78 is 0. The highest BCUT2D eigenvalue weighted by Crippen LogP contribution is 2.25. The fourth-order valence-electron chi connectivity index (χ4n) is 2.19. The average molecular weight is 240 g/mol. The first-order valence-corrected chi connectivity index (χ1v) is 6.16. The molecular formula is C15H16N2O. The maximum Gasteiger partial charge on any atom is 0.177 e. The Kier molecular flexibility index (Phi) is 4.71. The van der Waals surface area contributed by atoms with Crippen molar-refractivity contribution in [1.29, 1.82) is 0 Å². The maximum absolute atomic E-state index is 5.21. The quantitative estimate of drug-likeness (QED) is 0.410. The SMILES string of the molecule is C#CCC#CCC#CCO/N=C1\CN2CCC1C2. The van der Waals surface area contributed by atoms with Gasteiger partial charge >= 0.3 is 0 Å². The average Bonchev–Trinajstić information content (AvgIpc) is 2.99. The van der Waals surface area contributed by atoms with Gasteiger partial charge < -0.3 is 4.84 Å². The molecule has 0 aliphatic carbocycles. The molecule has 2 fully saturated rings. The van der Waals surface area contributed by atoms with Crippen molar-refractivity contribution in [1.82, 2.24) is 4.90 Å². The van der Waals surface area contributed by atoms with E-state index in [1.165, 1.54) is 18.7 Å². The second kappa shape index (κ2) is 6.75. The van der Waals surface area contributed by atoms with Crippen LogP contribution in [0.25, 0.3) is 0 Å². The lowest BCUT2D eigenvalue weighted by molar-refractivity contribution is 0.177. The first kappa shape index (κ1) is 12.6. The molecule has 0 aromatic heterocycles. The zero-order valence-electron chi connectivity index (χ0n) is 10.4. The number of fused-ring (bicyclic) bond motifs is 2. The summed E-state index contributed by atoms with van der Waals surface area (Å²) in [5, 5.41) is 4.16. The van der Waals surface area contributed by atoms with E-state index in [-0.39, 0.29) is 0 Å². The highest BCUT2D eigenvalue weighted by molar-refractivity contribution is 5.91. The minimum Gasteiger partial charge on any atom is -0.383 e. The van der Waals surface area contributed by atoms with Gasteiger partial charge in [0.1, 0.15) is 0 Å². The number of oxime groups is 1. The Bertz CT molecular complexity index is 479. The summed E-state index contributed by atoms with van der Waals surface area (Å²) in [5.41, 5.74) is 1.18. The summed E-state index contributed by atoms with van der Waals surface area (Å²) in [7, 11) is 0. The first-order valence-electron chi connectivity index (χ1n) is 6.16. The largest absolute Gasteiger partial charge is 0.383 e. The Morgan fingerprint density at radius 2 is 2.11 bits per heavy atom. The van der Waals surface area contributed by atoms with Crippen LogP contribution in [-0.4, -0.2) is 36.9 Å². The van der Waals surface area contributed by atoms with Gasteiger partial charge in [0, 0.05) is 19.0 Å². The van der Waals surface area contributed by atoms with Crippen molar-refractivity contribution >= 4 is 5.71 Å². The van der Waals surface area contributed by atoms with E-state index in [0.29, 0.717) is 25.4 Å². The maximum atomic E-state index is 5.21. The standard InChI is InChI=1S/C15H16N2O/c1-2-3-4-5-6-7-8-11-18-16-15-13-17-10-9-14(15)12-17/h1,14H,3,6,9-13H2/b16-15+. The van der Waals surface area contributed by atoms with Crippen molar-refractivity contribution in [3.8, 4) is 36.0 Å². The summed E-state index contributed by atoms with van der Waals surface area (Å²) in [6.45, 7) is 3.67. The molecule has 2 saturated heterocycles. The smallest absolute Gasteiger partial charge is 0.177 e. The van der Waals surface area contributed by atoms with E-state index >= 15 is 0 Å². The van der Waals surface area contributed by atoms with Crippen molar-refractivity contribution in [2.45, 2.75) is 19.3 Å². The van der Waals surface area contributed by atoms with Gasteiger partial charge in [0.2, 0.25) is 0 Å². The van der Waals surface area contributed by atoms with Gasteiger partial charge in [0.15, 0.2) is 6.61 Å². The number of hydrogen-bond donors (Lipinski definition) is 0. The molecule has 0 amide bonds. The van der Waals surface area contributed by atoms with Gasteiger partial charge in [-0.2, -0.15) is 0 Å². The Labute approximate surface area is 109 Å². The van der Waals surface area contributed by atoms with E-state index in [4.69, 9.17) is 11.3 Å². The lowest BCUT2D eigenvalue weighted by atomic mass is 10.0. The van der Waals surface area contributed by atoms with Gasteiger partial charge in [0.25, 0.3) is 0 Å². The number of rotatable bonds is 2. The Morgan fingerprint density at radius 3 is 2.83 bits per heavy atom. The van der Waals surface area contributed by atoms with E-state index in [1.54, 1.807) is 0 Å². The van der Waals surface area contributed by atoms with Crippen LogP contribution in [0, 0.1) is 41.9 Å². The molecule has 2 aliphatic rings. The van der Waals surface area contributed by atoms with Crippen LogP contribution in [0.2, 0.25) is 0 Å². The Balaban J connectivity index is 1.62. The summed E-state index contributed by atoms with van der Waals surface area (Å²) in [6.07, 6.45) is 7.32. The molecule has 0 radical (unpaired) electrons. The molecule has 2 unspecified atom stereocenters. The van der Waals surface area contributed by atoms with Gasteiger partial charge in [-0.3, -0.25) is 4.90 Å². The zero-order chi connectivity index (χ0) is 12.6. The van der Waals surface area contributed by atoms with Crippen LogP contribution < -0.4 is 0 Å². The van der Waals surface area contributed by atoms with E-state index < -0.39 is 0 Å². The molecular weight excluding hydrogens is 224 g/mol. The van der Waals surface area contributed by atoms with E-state index in [9.17, 15) is 0 Å². The molecule has 2 bridgehead atoms. The monoisotopic (exact) mass is 240 g/mol. The minimum absolute atomic E-state index is 0.340. The molecule has 18 heavy (non-hydrogen) atoms. The molecule has 0 aromatic rings. The van der Waals surface area contributed by atoms with Crippen molar-refractivity contribution in [3.05, 3.63) is 0 Å². The number of hydrogen-bond acceptors (Lipinski definition) is 3. The van der Waals surface area contributed by atoms with E-state index in [1.807, 2.05) is 0 Å². The lowest BCUT2D eigenvalue weighted by Gasteiger charge is -2.12. The summed E-state index contributed by atoms with van der Waals surface area (Å²) >= 11 is 0. The molecule has 2 rings (SSSR count). The molecule has 3 nitrogen and oxygen atoms in total. The third-order valence-corrected chi connectivity index (χ3v) is 3.06. The van der Waals surface area contributed by atoms with Crippen molar-refractivity contribution in [3.63, 3.8) is 0 Å². The Hall–Kier alpha value is -1.89. The van der Waals surface area contributed by atoms with E-state index in [2.05, 4.69) is 39.7 Å². The highest BCUT2D eigenvalue weighted by Gasteiger charge is 2.35. The lowest BCUT2D eigenvalue weighted by Crippen LogP contribution is -2.23. The molecule has 92 valence electrons. The van der Waals surface area contributed by atoms with Crippen LogP contribution in [0.3, 0.4) is 0 Å². The van der Waals surface area contributed by atoms with Gasteiger partial charge in [-0.05, 0) is 13.0 Å². The first-order chi connectivity index (χ1) is 8.90. The predicted octanol–water partition coefficient (Wildman–Crippen LogP) is 1.11. The fraction of sp³-hybridized carbons (Fsp3) is 0.533. The van der Waals surface area contributed by atoms with Gasteiger partial charge in [-0.1, -0.05) is 34.8 Å². The van der Waals surface area contributed by atoms with Crippen LogP contribution in [0.4, 0.5) is 0 Å². The van der Waals surface area contributed by atoms with E-state index in [0.717, 1.165) is 13.1 Å². The second-order valence-electron chi connectivity index (χ2n) is 4.34. The number of nitrogens with zero attached hydrogens (tertiary/aromatic N) is 2. The van der Waals surface area contributed by atoms with Gasteiger partial charge in [-0.25, -0.2) is 0 Å². The topological polar surface area (TPSA) is 24.8 Å². The molecule has 3 heteroatoms. The fourth-order valence-corrected chi connectivity index (χ4v) is 2.19. The van der Waals surface area contributed by atoms with Crippen LogP contribution in [-0.2, 0) is 4.84 Å². The van der Waals surface area contributed by atoms with Crippen molar-refractivity contribution < 1.29 is 4.84 Å². The van der Waals surface area contributed by atoms with Crippen LogP contribution in [0.15, 0.2) is 5.16 Å². The summed E-state index contributed by atoms with van der Waals surface area (Å²) in [5.74, 6) is 14.6. The normalized spacial score (nSPS) is 25.8. The molecule has 2 atom stereocenters. The molecule has 0 aromatic carbocycles. The van der Waals surface area contributed by atoms with Gasteiger partial charge in [0.05, 0.1) is 18.6 Å².